The molecule has 2 N–H and O–H groups in total. The van der Waals surface area contributed by atoms with Gasteiger partial charge in [-0.1, -0.05) is 17.7 Å². The molecular weight excluding hydrogens is 296 g/mol. The molecule has 1 aliphatic heterocycles. The number of aliphatic hydroxyl groups excluding tert-OH is 1. The van der Waals surface area contributed by atoms with Gasteiger partial charge in [0.2, 0.25) is 5.91 Å². The second kappa shape index (κ2) is 6.58. The Morgan fingerprint density at radius 3 is 2.43 bits per heavy atom. The summed E-state index contributed by atoms with van der Waals surface area (Å²) >= 11 is 0. The summed E-state index contributed by atoms with van der Waals surface area (Å²) < 4.78 is 5.31. The van der Waals surface area contributed by atoms with Crippen LogP contribution in [0.5, 0.6) is 0 Å². The van der Waals surface area contributed by atoms with Crippen LogP contribution in [0.4, 0.5) is 10.5 Å². The van der Waals surface area contributed by atoms with Crippen molar-refractivity contribution in [3.05, 3.63) is 29.8 Å². The second-order valence-electron chi connectivity index (χ2n) is 6.89. The van der Waals surface area contributed by atoms with E-state index in [4.69, 9.17) is 4.74 Å². The van der Waals surface area contributed by atoms with Crippen LogP contribution in [0.1, 0.15) is 32.8 Å². The predicted octanol–water partition coefficient (Wildman–Crippen LogP) is 2.30. The number of aryl methyl sites for hydroxylation is 1. The number of benzene rings is 1. The van der Waals surface area contributed by atoms with Crippen molar-refractivity contribution < 1.29 is 19.4 Å². The second-order valence-corrected chi connectivity index (χ2v) is 6.89. The van der Waals surface area contributed by atoms with Gasteiger partial charge in [0, 0.05) is 12.1 Å². The molecule has 0 radical (unpaired) electrons. The van der Waals surface area contributed by atoms with Gasteiger partial charge < -0.3 is 15.2 Å². The summed E-state index contributed by atoms with van der Waals surface area (Å²) in [6, 6.07) is 6.66. The minimum atomic E-state index is -0.735. The summed E-state index contributed by atoms with van der Waals surface area (Å²) in [5.41, 5.74) is 1.10. The molecule has 1 heterocycles. The number of amides is 2. The zero-order valence-corrected chi connectivity index (χ0v) is 14.0. The Bertz CT molecular complexity index is 577. The third-order valence-corrected chi connectivity index (χ3v) is 3.53. The fourth-order valence-corrected chi connectivity index (χ4v) is 2.45. The Labute approximate surface area is 136 Å². The van der Waals surface area contributed by atoms with Crippen molar-refractivity contribution in [3.8, 4) is 0 Å². The summed E-state index contributed by atoms with van der Waals surface area (Å²) in [5.74, 6) is -0.323. The summed E-state index contributed by atoms with van der Waals surface area (Å²) in [7, 11) is 0. The zero-order chi connectivity index (χ0) is 17.2. The lowest BCUT2D eigenvalue weighted by atomic mass is 10.1. The molecule has 1 saturated heterocycles. The predicted molar refractivity (Wildman–Crippen MR) is 87.2 cm³/mol. The molecule has 6 nitrogen and oxygen atoms in total. The van der Waals surface area contributed by atoms with Crippen molar-refractivity contribution in [1.82, 2.24) is 4.90 Å². The molecule has 2 unspecified atom stereocenters. The fraction of sp³-hybridized carbons (Fsp3) is 0.529. The van der Waals surface area contributed by atoms with Crippen molar-refractivity contribution in [2.24, 2.45) is 0 Å². The zero-order valence-electron chi connectivity index (χ0n) is 14.0. The largest absolute Gasteiger partial charge is 0.444 e. The molecule has 0 aromatic heterocycles. The van der Waals surface area contributed by atoms with Crippen molar-refractivity contribution in [1.29, 1.82) is 0 Å². The maximum atomic E-state index is 12.5. The molecular formula is C17H24N2O4. The van der Waals surface area contributed by atoms with Gasteiger partial charge in [-0.2, -0.15) is 0 Å². The van der Waals surface area contributed by atoms with Crippen LogP contribution in [0, 0.1) is 6.92 Å². The van der Waals surface area contributed by atoms with Gasteiger partial charge in [0.25, 0.3) is 0 Å². The lowest BCUT2D eigenvalue weighted by Gasteiger charge is -2.27. The van der Waals surface area contributed by atoms with Gasteiger partial charge in [-0.05, 0) is 39.8 Å². The SMILES string of the molecule is Cc1ccc(NC(=O)C2CC(O)CN2C(=O)OC(C)(C)C)cc1. The number of rotatable bonds is 2. The molecule has 2 atom stereocenters. The van der Waals surface area contributed by atoms with E-state index in [9.17, 15) is 14.7 Å². The number of likely N-dealkylation sites (tertiary alicyclic amines) is 1. The molecule has 1 aromatic rings. The molecule has 2 amide bonds. The average molecular weight is 320 g/mol. The lowest BCUT2D eigenvalue weighted by molar-refractivity contribution is -0.120. The van der Waals surface area contributed by atoms with Crippen LogP contribution in [0.15, 0.2) is 24.3 Å². The first kappa shape index (κ1) is 17.3. The van der Waals surface area contributed by atoms with Crippen LogP contribution in [0.25, 0.3) is 0 Å². The van der Waals surface area contributed by atoms with Crippen LogP contribution in [0.3, 0.4) is 0 Å². The minimum absolute atomic E-state index is 0.0981. The van der Waals surface area contributed by atoms with E-state index in [0.717, 1.165) is 5.56 Å². The molecule has 1 fully saturated rings. The van der Waals surface area contributed by atoms with E-state index in [1.807, 2.05) is 19.1 Å². The van der Waals surface area contributed by atoms with Crippen LogP contribution in [0.2, 0.25) is 0 Å². The normalized spacial score (nSPS) is 21.2. The van der Waals surface area contributed by atoms with Crippen LogP contribution in [-0.4, -0.2) is 46.3 Å². The van der Waals surface area contributed by atoms with E-state index in [1.54, 1.807) is 32.9 Å². The molecule has 0 bridgehead atoms. The summed E-state index contributed by atoms with van der Waals surface area (Å²) in [4.78, 5) is 26.0. The van der Waals surface area contributed by atoms with Crippen LogP contribution in [-0.2, 0) is 9.53 Å². The Hall–Kier alpha value is -2.08. The van der Waals surface area contributed by atoms with E-state index in [0.29, 0.717) is 5.69 Å². The van der Waals surface area contributed by atoms with E-state index in [-0.39, 0.29) is 18.9 Å². The topological polar surface area (TPSA) is 78.9 Å². The molecule has 0 saturated carbocycles. The average Bonchev–Trinajstić information content (AvgIpc) is 2.82. The van der Waals surface area contributed by atoms with E-state index in [1.165, 1.54) is 4.90 Å². The van der Waals surface area contributed by atoms with Crippen molar-refractivity contribution >= 4 is 17.7 Å². The van der Waals surface area contributed by atoms with E-state index >= 15 is 0 Å². The van der Waals surface area contributed by atoms with Gasteiger partial charge >= 0.3 is 6.09 Å². The maximum Gasteiger partial charge on any atom is 0.411 e. The molecule has 126 valence electrons. The highest BCUT2D eigenvalue weighted by Crippen LogP contribution is 2.23. The Kier molecular flexibility index (Phi) is 4.94. The summed E-state index contributed by atoms with van der Waals surface area (Å²) in [6.07, 6.45) is -1.11. The Balaban J connectivity index is 2.07. The lowest BCUT2D eigenvalue weighted by Crippen LogP contribution is -2.45. The van der Waals surface area contributed by atoms with Gasteiger partial charge in [-0.3, -0.25) is 9.69 Å². The quantitative estimate of drug-likeness (QED) is 0.876. The van der Waals surface area contributed by atoms with Crippen LogP contribution < -0.4 is 5.32 Å². The highest BCUT2D eigenvalue weighted by Gasteiger charge is 2.40. The molecule has 23 heavy (non-hydrogen) atoms. The van der Waals surface area contributed by atoms with Gasteiger partial charge in [0.1, 0.15) is 11.6 Å². The number of hydrogen-bond acceptors (Lipinski definition) is 4. The number of aliphatic hydroxyl groups is 1. The molecule has 2 rings (SSSR count). The van der Waals surface area contributed by atoms with Gasteiger partial charge in [0.15, 0.2) is 0 Å². The molecule has 1 aliphatic rings. The van der Waals surface area contributed by atoms with Gasteiger partial charge in [0.05, 0.1) is 12.6 Å². The number of nitrogens with one attached hydrogen (secondary N) is 1. The highest BCUT2D eigenvalue weighted by atomic mass is 16.6. The monoisotopic (exact) mass is 320 g/mol. The van der Waals surface area contributed by atoms with Gasteiger partial charge in [-0.25, -0.2) is 4.79 Å². The van der Waals surface area contributed by atoms with E-state index < -0.39 is 23.8 Å². The standard InChI is InChI=1S/C17H24N2O4/c1-11-5-7-12(8-6-11)18-15(21)14-9-13(20)10-19(14)16(22)23-17(2,3)4/h5-8,13-14,20H,9-10H2,1-4H3,(H,18,21). The first-order valence-electron chi connectivity index (χ1n) is 7.71. The maximum absolute atomic E-state index is 12.5. The van der Waals surface area contributed by atoms with E-state index in [2.05, 4.69) is 5.32 Å². The highest BCUT2D eigenvalue weighted by molar-refractivity contribution is 5.97. The number of ether oxygens (including phenoxy) is 1. The smallest absolute Gasteiger partial charge is 0.411 e. The number of β-amino-alcohol motifs (C(OH)–C–C–N with tert-alkyl or cyclic N) is 1. The Morgan fingerprint density at radius 1 is 1.26 bits per heavy atom. The summed E-state index contributed by atoms with van der Waals surface area (Å²) in [6.45, 7) is 7.35. The third-order valence-electron chi connectivity index (χ3n) is 3.53. The van der Waals surface area contributed by atoms with Crippen molar-refractivity contribution in [2.75, 3.05) is 11.9 Å². The van der Waals surface area contributed by atoms with Crippen LogP contribution >= 0.6 is 0 Å². The fourth-order valence-electron chi connectivity index (χ4n) is 2.45. The number of carbonyl (C=O) groups is 2. The third kappa shape index (κ3) is 4.69. The molecule has 0 aliphatic carbocycles. The number of anilines is 1. The van der Waals surface area contributed by atoms with Crippen molar-refractivity contribution in [3.63, 3.8) is 0 Å². The number of carbonyl (C=O) groups excluding carboxylic acids is 2. The number of nitrogens with zero attached hydrogens (tertiary/aromatic N) is 1. The first-order chi connectivity index (χ1) is 10.7. The minimum Gasteiger partial charge on any atom is -0.444 e. The molecule has 1 aromatic carbocycles. The van der Waals surface area contributed by atoms with Crippen molar-refractivity contribution in [2.45, 2.75) is 51.9 Å². The molecule has 0 spiro atoms. The molecule has 6 heteroatoms. The first-order valence-corrected chi connectivity index (χ1v) is 7.71. The van der Waals surface area contributed by atoms with Gasteiger partial charge in [-0.15, -0.1) is 0 Å². The number of hydrogen-bond donors (Lipinski definition) is 2. The summed E-state index contributed by atoms with van der Waals surface area (Å²) in [5, 5.41) is 12.6. The Morgan fingerprint density at radius 2 is 1.87 bits per heavy atom.